The highest BCUT2D eigenvalue weighted by Gasteiger charge is 2.28. The number of carbonyl (C=O) groups is 2. The number of nitrogens with zero attached hydrogens (tertiary/aromatic N) is 2. The van der Waals surface area contributed by atoms with Crippen molar-refractivity contribution in [1.82, 2.24) is 14.5 Å². The summed E-state index contributed by atoms with van der Waals surface area (Å²) >= 11 is 0. The molecule has 0 saturated carbocycles. The van der Waals surface area contributed by atoms with Gasteiger partial charge in [-0.05, 0) is 50.5 Å². The number of benzene rings is 2. The van der Waals surface area contributed by atoms with E-state index in [4.69, 9.17) is 0 Å². The number of sulfonamides is 1. The molecule has 1 heterocycles. The first-order valence-electron chi connectivity index (χ1n) is 10.4. The zero-order valence-corrected chi connectivity index (χ0v) is 19.0. The van der Waals surface area contributed by atoms with E-state index in [2.05, 4.69) is 5.32 Å². The second-order valence-electron chi connectivity index (χ2n) is 8.02. The van der Waals surface area contributed by atoms with Crippen molar-refractivity contribution in [2.45, 2.75) is 37.6 Å². The van der Waals surface area contributed by atoms with Crippen molar-refractivity contribution in [2.24, 2.45) is 0 Å². The summed E-state index contributed by atoms with van der Waals surface area (Å²) in [6, 6.07) is 14.0. The van der Waals surface area contributed by atoms with Crippen LogP contribution in [0.5, 0.6) is 0 Å². The molecule has 1 aliphatic heterocycles. The van der Waals surface area contributed by atoms with E-state index in [9.17, 15) is 18.0 Å². The van der Waals surface area contributed by atoms with Gasteiger partial charge in [0, 0.05) is 31.7 Å². The number of nitrogens with one attached hydrogen (secondary N) is 1. The van der Waals surface area contributed by atoms with Crippen molar-refractivity contribution < 1.29 is 18.0 Å². The quantitative estimate of drug-likeness (QED) is 0.743. The number of amides is 2. The van der Waals surface area contributed by atoms with Crippen molar-refractivity contribution in [3.05, 3.63) is 65.2 Å². The third-order valence-electron chi connectivity index (χ3n) is 5.66. The molecule has 3 rings (SSSR count). The number of likely N-dealkylation sites (N-methyl/N-ethyl adjacent to an activating group) is 1. The second-order valence-corrected chi connectivity index (χ2v) is 10.1. The lowest BCUT2D eigenvalue weighted by molar-refractivity contribution is -0.132. The Morgan fingerprint density at radius 2 is 1.65 bits per heavy atom. The molecule has 1 fully saturated rings. The standard InChI is InChI=1S/C23H29N3O4S/c1-17-8-10-20(11-9-17)31(29,30)25(3)16-22(27)26-14-12-19(13-15-26)24-23(28)21-7-5-4-6-18(21)2/h4-11,19H,12-16H2,1-3H3,(H,24,28). The van der Waals surface area contributed by atoms with Crippen molar-refractivity contribution in [3.8, 4) is 0 Å². The van der Waals surface area contributed by atoms with E-state index >= 15 is 0 Å². The van der Waals surface area contributed by atoms with Crippen LogP contribution in [-0.2, 0) is 14.8 Å². The van der Waals surface area contributed by atoms with Crippen LogP contribution < -0.4 is 5.32 Å². The minimum absolute atomic E-state index is 0.00910. The van der Waals surface area contributed by atoms with E-state index in [1.54, 1.807) is 35.2 Å². The molecular formula is C23H29N3O4S. The molecule has 0 aromatic heterocycles. The molecule has 8 heteroatoms. The number of likely N-dealkylation sites (tertiary alicyclic amines) is 1. The summed E-state index contributed by atoms with van der Waals surface area (Å²) in [6.07, 6.45) is 1.27. The van der Waals surface area contributed by atoms with Crippen LogP contribution in [-0.4, -0.2) is 62.2 Å². The Labute approximate surface area is 184 Å². The van der Waals surface area contributed by atoms with Gasteiger partial charge < -0.3 is 10.2 Å². The molecule has 1 aliphatic rings. The van der Waals surface area contributed by atoms with Crippen LogP contribution >= 0.6 is 0 Å². The van der Waals surface area contributed by atoms with Crippen LogP contribution in [0.2, 0.25) is 0 Å². The molecule has 7 nitrogen and oxygen atoms in total. The lowest BCUT2D eigenvalue weighted by Crippen LogP contribution is -2.49. The molecule has 0 spiro atoms. The van der Waals surface area contributed by atoms with Gasteiger partial charge in [-0.25, -0.2) is 8.42 Å². The first-order valence-corrected chi connectivity index (χ1v) is 11.8. The van der Waals surface area contributed by atoms with E-state index in [1.165, 1.54) is 7.05 Å². The highest BCUT2D eigenvalue weighted by molar-refractivity contribution is 7.89. The van der Waals surface area contributed by atoms with Gasteiger partial charge in [-0.3, -0.25) is 9.59 Å². The van der Waals surface area contributed by atoms with Gasteiger partial charge in [-0.1, -0.05) is 35.9 Å². The number of carbonyl (C=O) groups excluding carboxylic acids is 2. The first kappa shape index (κ1) is 23.0. The van der Waals surface area contributed by atoms with Gasteiger partial charge in [-0.15, -0.1) is 0 Å². The fourth-order valence-electron chi connectivity index (χ4n) is 3.63. The molecule has 0 aliphatic carbocycles. The fraction of sp³-hybridized carbons (Fsp3) is 0.391. The number of aryl methyl sites for hydroxylation is 2. The molecule has 0 atom stereocenters. The molecule has 31 heavy (non-hydrogen) atoms. The van der Waals surface area contributed by atoms with E-state index in [1.807, 2.05) is 32.0 Å². The largest absolute Gasteiger partial charge is 0.349 e. The Kier molecular flexibility index (Phi) is 7.12. The lowest BCUT2D eigenvalue weighted by Gasteiger charge is -2.33. The highest BCUT2D eigenvalue weighted by Crippen LogP contribution is 2.17. The van der Waals surface area contributed by atoms with Gasteiger partial charge in [0.25, 0.3) is 5.91 Å². The second kappa shape index (κ2) is 9.62. The fourth-order valence-corrected chi connectivity index (χ4v) is 4.75. The average Bonchev–Trinajstić information content (AvgIpc) is 2.74. The molecule has 0 unspecified atom stereocenters. The summed E-state index contributed by atoms with van der Waals surface area (Å²) in [7, 11) is -2.30. The molecule has 1 N–H and O–H groups in total. The molecular weight excluding hydrogens is 414 g/mol. The van der Waals surface area contributed by atoms with E-state index < -0.39 is 10.0 Å². The molecule has 0 bridgehead atoms. The minimum Gasteiger partial charge on any atom is -0.349 e. The zero-order chi connectivity index (χ0) is 22.6. The summed E-state index contributed by atoms with van der Waals surface area (Å²) in [5.41, 5.74) is 2.55. The average molecular weight is 444 g/mol. The molecule has 1 saturated heterocycles. The first-order chi connectivity index (χ1) is 14.7. The zero-order valence-electron chi connectivity index (χ0n) is 18.2. The number of hydrogen-bond donors (Lipinski definition) is 1. The molecule has 0 radical (unpaired) electrons. The van der Waals surface area contributed by atoms with Crippen molar-refractivity contribution in [2.75, 3.05) is 26.7 Å². The summed E-state index contributed by atoms with van der Waals surface area (Å²) in [4.78, 5) is 27.0. The van der Waals surface area contributed by atoms with Gasteiger partial charge in [0.1, 0.15) is 0 Å². The Morgan fingerprint density at radius 3 is 2.26 bits per heavy atom. The summed E-state index contributed by atoms with van der Waals surface area (Å²) in [6.45, 7) is 4.54. The normalized spacial score (nSPS) is 15.2. The van der Waals surface area contributed by atoms with Crippen LogP contribution in [0.1, 0.15) is 34.3 Å². The van der Waals surface area contributed by atoms with Crippen LogP contribution in [0.15, 0.2) is 53.4 Å². The maximum atomic E-state index is 12.7. The molecule has 2 aromatic carbocycles. The van der Waals surface area contributed by atoms with Gasteiger partial charge >= 0.3 is 0 Å². The van der Waals surface area contributed by atoms with Gasteiger partial charge in [0.15, 0.2) is 0 Å². The van der Waals surface area contributed by atoms with E-state index in [-0.39, 0.29) is 29.3 Å². The van der Waals surface area contributed by atoms with Crippen molar-refractivity contribution >= 4 is 21.8 Å². The predicted molar refractivity (Wildman–Crippen MR) is 119 cm³/mol. The van der Waals surface area contributed by atoms with Crippen LogP contribution in [0, 0.1) is 13.8 Å². The van der Waals surface area contributed by atoms with Crippen molar-refractivity contribution in [1.29, 1.82) is 0 Å². The minimum atomic E-state index is -3.72. The third kappa shape index (κ3) is 5.51. The summed E-state index contributed by atoms with van der Waals surface area (Å²) in [5.74, 6) is -0.339. The smallest absolute Gasteiger partial charge is 0.251 e. The van der Waals surface area contributed by atoms with E-state index in [0.29, 0.717) is 31.5 Å². The molecule has 2 aromatic rings. The van der Waals surface area contributed by atoms with Gasteiger partial charge in [-0.2, -0.15) is 4.31 Å². The molecule has 166 valence electrons. The Balaban J connectivity index is 1.52. The Hall–Kier alpha value is -2.71. The topological polar surface area (TPSA) is 86.8 Å². The number of hydrogen-bond acceptors (Lipinski definition) is 4. The third-order valence-corrected chi connectivity index (χ3v) is 7.48. The lowest BCUT2D eigenvalue weighted by atomic mass is 10.0. The number of piperidine rings is 1. The summed E-state index contributed by atoms with van der Waals surface area (Å²) in [5, 5.41) is 3.04. The maximum absolute atomic E-state index is 12.7. The van der Waals surface area contributed by atoms with Gasteiger partial charge in [0.2, 0.25) is 15.9 Å². The van der Waals surface area contributed by atoms with Crippen LogP contribution in [0.25, 0.3) is 0 Å². The van der Waals surface area contributed by atoms with Gasteiger partial charge in [0.05, 0.1) is 11.4 Å². The van der Waals surface area contributed by atoms with Crippen LogP contribution in [0.4, 0.5) is 0 Å². The predicted octanol–water partition coefficient (Wildman–Crippen LogP) is 2.34. The SMILES string of the molecule is Cc1ccc(S(=O)(=O)N(C)CC(=O)N2CCC(NC(=O)c3ccccc3C)CC2)cc1. The van der Waals surface area contributed by atoms with E-state index in [0.717, 1.165) is 15.4 Å². The monoisotopic (exact) mass is 443 g/mol. The maximum Gasteiger partial charge on any atom is 0.251 e. The summed E-state index contributed by atoms with van der Waals surface area (Å²) < 4.78 is 26.5. The Bertz CT molecular complexity index is 1040. The molecule has 2 amide bonds. The highest BCUT2D eigenvalue weighted by atomic mass is 32.2. The number of rotatable bonds is 6. The van der Waals surface area contributed by atoms with Crippen LogP contribution in [0.3, 0.4) is 0 Å². The Morgan fingerprint density at radius 1 is 1.03 bits per heavy atom. The van der Waals surface area contributed by atoms with Crippen molar-refractivity contribution in [3.63, 3.8) is 0 Å².